The van der Waals surface area contributed by atoms with Gasteiger partial charge in [-0.2, -0.15) is 0 Å². The van der Waals surface area contributed by atoms with Gasteiger partial charge in [-0.05, 0) is 58.4 Å². The lowest BCUT2D eigenvalue weighted by atomic mass is 10.1. The van der Waals surface area contributed by atoms with E-state index in [0.717, 1.165) is 83.0 Å². The molecule has 182 valence electrons. The monoisotopic (exact) mass is 561 g/mol. The van der Waals surface area contributed by atoms with Crippen LogP contribution in [0.25, 0.3) is 0 Å². The quantitative estimate of drug-likeness (QED) is 0.100. The Bertz CT molecular complexity index is 677. The number of hydrogen-bond acceptors (Lipinski definition) is 5. The fourth-order valence-electron chi connectivity index (χ4n) is 3.65. The largest absolute Gasteiger partial charge is 0.377 e. The van der Waals surface area contributed by atoms with Gasteiger partial charge in [-0.3, -0.25) is 15.1 Å². The van der Waals surface area contributed by atoms with Crippen LogP contribution in [0.4, 0.5) is 5.69 Å². The Morgan fingerprint density at radius 3 is 2.53 bits per heavy atom. The lowest BCUT2D eigenvalue weighted by Gasteiger charge is -2.33. The average molecular weight is 562 g/mol. The fourth-order valence-corrected chi connectivity index (χ4v) is 3.65. The van der Waals surface area contributed by atoms with E-state index in [4.69, 9.17) is 9.73 Å². The van der Waals surface area contributed by atoms with Crippen molar-refractivity contribution in [3.63, 3.8) is 0 Å². The molecule has 2 N–H and O–H groups in total. The molecule has 1 saturated heterocycles. The third kappa shape index (κ3) is 11.4. The van der Waals surface area contributed by atoms with Crippen molar-refractivity contribution in [2.45, 2.75) is 65.0 Å². The van der Waals surface area contributed by atoms with Crippen LogP contribution < -0.4 is 10.6 Å². The molecule has 1 aromatic rings. The minimum atomic E-state index is -0.362. The van der Waals surface area contributed by atoms with Crippen LogP contribution in [-0.4, -0.2) is 67.3 Å². The molecule has 0 amide bonds. The zero-order chi connectivity index (χ0) is 22.5. The number of nitro groups is 1. The van der Waals surface area contributed by atoms with Crippen LogP contribution in [0.15, 0.2) is 29.3 Å². The predicted octanol–water partition coefficient (Wildman–Crippen LogP) is 3.98. The number of rotatable bonds is 12. The maximum Gasteiger partial charge on any atom is 0.269 e. The topological polar surface area (TPSA) is 92.0 Å². The molecule has 0 unspecified atom stereocenters. The molecule has 8 nitrogen and oxygen atoms in total. The number of guanidine groups is 1. The molecule has 9 heteroatoms. The number of piperidine rings is 1. The molecule has 2 rings (SSSR count). The number of unbranched alkanes of at least 4 members (excludes halogenated alkanes) is 1. The zero-order valence-corrected chi connectivity index (χ0v) is 22.0. The number of aliphatic imine (C=N–C) groups is 1. The number of hydrogen-bond donors (Lipinski definition) is 2. The highest BCUT2D eigenvalue weighted by Crippen LogP contribution is 2.14. The van der Waals surface area contributed by atoms with E-state index in [0.29, 0.717) is 12.1 Å². The van der Waals surface area contributed by atoms with Crippen LogP contribution in [-0.2, 0) is 11.2 Å². The molecule has 0 atom stereocenters. The summed E-state index contributed by atoms with van der Waals surface area (Å²) >= 11 is 0. The number of benzene rings is 1. The summed E-state index contributed by atoms with van der Waals surface area (Å²) in [4.78, 5) is 17.6. The summed E-state index contributed by atoms with van der Waals surface area (Å²) in [5, 5.41) is 17.7. The number of nitrogens with zero attached hydrogens (tertiary/aromatic N) is 3. The van der Waals surface area contributed by atoms with Crippen molar-refractivity contribution >= 4 is 35.6 Å². The van der Waals surface area contributed by atoms with Gasteiger partial charge in [0.2, 0.25) is 0 Å². The fraction of sp³-hybridized carbons (Fsp3) is 0.696. The smallest absolute Gasteiger partial charge is 0.269 e. The van der Waals surface area contributed by atoms with Gasteiger partial charge in [0, 0.05) is 50.9 Å². The van der Waals surface area contributed by atoms with Gasteiger partial charge >= 0.3 is 0 Å². The van der Waals surface area contributed by atoms with Gasteiger partial charge in [0.15, 0.2) is 5.96 Å². The Labute approximate surface area is 209 Å². The highest BCUT2D eigenvalue weighted by Gasteiger charge is 2.19. The van der Waals surface area contributed by atoms with Crippen molar-refractivity contribution in [3.05, 3.63) is 39.9 Å². The van der Waals surface area contributed by atoms with E-state index in [1.54, 1.807) is 12.1 Å². The lowest BCUT2D eigenvalue weighted by molar-refractivity contribution is -0.384. The van der Waals surface area contributed by atoms with Crippen LogP contribution >= 0.6 is 24.0 Å². The predicted molar refractivity (Wildman–Crippen MR) is 141 cm³/mol. The van der Waals surface area contributed by atoms with Gasteiger partial charge in [0.05, 0.1) is 17.6 Å². The molecule has 0 bridgehead atoms. The summed E-state index contributed by atoms with van der Waals surface area (Å²) in [7, 11) is 0. The molecule has 0 saturated carbocycles. The van der Waals surface area contributed by atoms with Crippen LogP contribution in [0.1, 0.15) is 52.0 Å². The minimum absolute atomic E-state index is 0. The molecule has 1 aromatic carbocycles. The molecular weight excluding hydrogens is 521 g/mol. The summed E-state index contributed by atoms with van der Waals surface area (Å²) < 4.78 is 5.66. The summed E-state index contributed by atoms with van der Waals surface area (Å²) in [6, 6.07) is 7.29. The van der Waals surface area contributed by atoms with Crippen molar-refractivity contribution in [2.24, 2.45) is 4.99 Å². The molecule has 0 aliphatic carbocycles. The third-order valence-electron chi connectivity index (χ3n) is 5.42. The summed E-state index contributed by atoms with van der Waals surface area (Å²) in [6.07, 6.45) is 5.45. The number of nitro benzene ring substituents is 1. The van der Waals surface area contributed by atoms with Crippen molar-refractivity contribution in [2.75, 3.05) is 39.3 Å². The zero-order valence-electron chi connectivity index (χ0n) is 19.7. The second-order valence-electron chi connectivity index (χ2n) is 8.32. The Kier molecular flexibility index (Phi) is 14.5. The SMILES string of the molecule is CCNC(=NCCCCc1ccc([N+](=O)[O-])cc1)NC1CCN(CCOC(C)C)CC1.I. The first-order valence-electron chi connectivity index (χ1n) is 11.6. The molecule has 1 heterocycles. The van der Waals surface area contributed by atoms with Crippen molar-refractivity contribution in [3.8, 4) is 0 Å². The second-order valence-corrected chi connectivity index (χ2v) is 8.32. The van der Waals surface area contributed by atoms with E-state index < -0.39 is 0 Å². The van der Waals surface area contributed by atoms with Crippen LogP contribution in [0.3, 0.4) is 0 Å². The van der Waals surface area contributed by atoms with Gasteiger partial charge in [0.25, 0.3) is 5.69 Å². The molecular formula is C23H40IN5O3. The molecule has 1 aliphatic rings. The molecule has 1 fully saturated rings. The standard InChI is InChI=1S/C23H39N5O3.HI/c1-4-24-23(26-21-12-15-27(16-13-21)17-18-31-19(2)3)25-14-6-5-7-20-8-10-22(11-9-20)28(29)30;/h8-11,19,21H,4-7,12-18H2,1-3H3,(H2,24,25,26);1H. The van der Waals surface area contributed by atoms with Crippen molar-refractivity contribution < 1.29 is 9.66 Å². The Morgan fingerprint density at radius 2 is 1.94 bits per heavy atom. The minimum Gasteiger partial charge on any atom is -0.377 e. The summed E-state index contributed by atoms with van der Waals surface area (Å²) in [5.41, 5.74) is 1.27. The molecule has 1 aliphatic heterocycles. The van der Waals surface area contributed by atoms with Crippen LogP contribution in [0.5, 0.6) is 0 Å². The van der Waals surface area contributed by atoms with Crippen molar-refractivity contribution in [1.82, 2.24) is 15.5 Å². The normalized spacial score (nSPS) is 15.4. The van der Waals surface area contributed by atoms with E-state index in [1.165, 1.54) is 0 Å². The Hall–Kier alpha value is -1.46. The Balaban J connectivity index is 0.00000512. The van der Waals surface area contributed by atoms with Crippen LogP contribution in [0, 0.1) is 10.1 Å². The first-order chi connectivity index (χ1) is 15.0. The number of ether oxygens (including phenoxy) is 1. The number of likely N-dealkylation sites (tertiary alicyclic amines) is 1. The molecule has 32 heavy (non-hydrogen) atoms. The molecule has 0 radical (unpaired) electrons. The van der Waals surface area contributed by atoms with E-state index >= 15 is 0 Å². The maximum atomic E-state index is 10.7. The molecule has 0 aromatic heterocycles. The molecule has 0 spiro atoms. The number of halogens is 1. The van der Waals surface area contributed by atoms with E-state index in [-0.39, 0.29) is 34.6 Å². The maximum absolute atomic E-state index is 10.7. The first-order valence-corrected chi connectivity index (χ1v) is 11.6. The van der Waals surface area contributed by atoms with E-state index in [2.05, 4.69) is 36.3 Å². The number of aryl methyl sites for hydroxylation is 1. The lowest BCUT2D eigenvalue weighted by Crippen LogP contribution is -2.49. The van der Waals surface area contributed by atoms with Crippen LogP contribution in [0.2, 0.25) is 0 Å². The number of nitrogens with one attached hydrogen (secondary N) is 2. The van der Waals surface area contributed by atoms with Crippen molar-refractivity contribution in [1.29, 1.82) is 0 Å². The first kappa shape index (κ1) is 28.6. The number of non-ortho nitro benzene ring substituents is 1. The second kappa shape index (κ2) is 16.2. The highest BCUT2D eigenvalue weighted by molar-refractivity contribution is 14.0. The van der Waals surface area contributed by atoms with Gasteiger partial charge in [-0.25, -0.2) is 0 Å². The van der Waals surface area contributed by atoms with Gasteiger partial charge < -0.3 is 20.3 Å². The third-order valence-corrected chi connectivity index (χ3v) is 5.42. The van der Waals surface area contributed by atoms with E-state index in [9.17, 15) is 10.1 Å². The Morgan fingerprint density at radius 1 is 1.25 bits per heavy atom. The van der Waals surface area contributed by atoms with Gasteiger partial charge in [0.1, 0.15) is 0 Å². The van der Waals surface area contributed by atoms with Gasteiger partial charge in [-0.15, -0.1) is 24.0 Å². The summed E-state index contributed by atoms with van der Waals surface area (Å²) in [5.74, 6) is 0.902. The highest BCUT2D eigenvalue weighted by atomic mass is 127. The van der Waals surface area contributed by atoms with Gasteiger partial charge in [-0.1, -0.05) is 12.1 Å². The van der Waals surface area contributed by atoms with E-state index in [1.807, 2.05) is 12.1 Å². The summed E-state index contributed by atoms with van der Waals surface area (Å²) in [6.45, 7) is 11.9. The average Bonchev–Trinajstić information content (AvgIpc) is 2.75.